The van der Waals surface area contributed by atoms with Crippen LogP contribution >= 0.6 is 31.9 Å². The van der Waals surface area contributed by atoms with Gasteiger partial charge < -0.3 is 5.32 Å². The summed E-state index contributed by atoms with van der Waals surface area (Å²) >= 11 is 6.91. The van der Waals surface area contributed by atoms with Crippen LogP contribution in [0.1, 0.15) is 5.56 Å². The molecular formula is C8H6Br2N2. The van der Waals surface area contributed by atoms with Gasteiger partial charge in [0.05, 0.1) is 18.6 Å². The van der Waals surface area contributed by atoms with Gasteiger partial charge in [-0.1, -0.05) is 15.9 Å². The minimum absolute atomic E-state index is 0.750. The Morgan fingerprint density at radius 3 is 3.00 bits per heavy atom. The van der Waals surface area contributed by atoms with E-state index in [-0.39, 0.29) is 0 Å². The fraction of sp³-hybridized carbons (Fsp3) is 0.125. The molecule has 2 rings (SSSR count). The van der Waals surface area contributed by atoms with E-state index in [0.29, 0.717) is 0 Å². The van der Waals surface area contributed by atoms with Gasteiger partial charge in [-0.2, -0.15) is 0 Å². The van der Waals surface area contributed by atoms with Crippen LogP contribution in [-0.4, -0.2) is 6.34 Å². The third-order valence-electron chi connectivity index (χ3n) is 1.70. The summed E-state index contributed by atoms with van der Waals surface area (Å²) in [7, 11) is 0. The Morgan fingerprint density at radius 2 is 2.17 bits per heavy atom. The quantitative estimate of drug-likeness (QED) is 0.779. The molecule has 0 aliphatic carbocycles. The molecule has 0 spiro atoms. The number of hydrogen-bond acceptors (Lipinski definition) is 2. The van der Waals surface area contributed by atoms with E-state index in [1.165, 1.54) is 5.56 Å². The lowest BCUT2D eigenvalue weighted by molar-refractivity contribution is 1.06. The van der Waals surface area contributed by atoms with E-state index in [9.17, 15) is 0 Å². The molecule has 0 atom stereocenters. The molecule has 2 nitrogen and oxygen atoms in total. The van der Waals surface area contributed by atoms with Crippen LogP contribution in [0.25, 0.3) is 0 Å². The van der Waals surface area contributed by atoms with E-state index in [1.54, 1.807) is 6.34 Å². The first-order valence-corrected chi connectivity index (χ1v) is 5.09. The lowest BCUT2D eigenvalue weighted by Gasteiger charge is -2.14. The first-order chi connectivity index (χ1) is 5.77. The van der Waals surface area contributed by atoms with Gasteiger partial charge in [-0.05, 0) is 33.6 Å². The normalized spacial score (nSPS) is 13.8. The second-order valence-electron chi connectivity index (χ2n) is 2.54. The first-order valence-electron chi connectivity index (χ1n) is 3.50. The van der Waals surface area contributed by atoms with Crippen molar-refractivity contribution < 1.29 is 0 Å². The smallest absolute Gasteiger partial charge is 0.0872 e. The Morgan fingerprint density at radius 1 is 1.33 bits per heavy atom. The molecule has 1 aliphatic heterocycles. The standard InChI is InChI=1S/C8H6Br2N2/c9-6-1-5-3-11-4-12-8(5)7(10)2-6/h1-2,4H,3H2,(H,11,12). The molecule has 1 heterocycles. The third kappa shape index (κ3) is 1.41. The Bertz CT molecular complexity index is 347. The van der Waals surface area contributed by atoms with Gasteiger partial charge in [0.2, 0.25) is 0 Å². The van der Waals surface area contributed by atoms with Gasteiger partial charge in [-0.15, -0.1) is 0 Å². The molecule has 0 radical (unpaired) electrons. The van der Waals surface area contributed by atoms with Gasteiger partial charge in [0.15, 0.2) is 0 Å². The molecule has 62 valence electrons. The number of halogens is 2. The van der Waals surface area contributed by atoms with Crippen molar-refractivity contribution in [3.05, 3.63) is 26.6 Å². The van der Waals surface area contributed by atoms with E-state index < -0.39 is 0 Å². The minimum atomic E-state index is 0.750. The molecule has 0 amide bonds. The summed E-state index contributed by atoms with van der Waals surface area (Å²) in [4.78, 5) is 4.12. The third-order valence-corrected chi connectivity index (χ3v) is 2.78. The molecule has 1 aliphatic rings. The number of benzene rings is 1. The highest BCUT2D eigenvalue weighted by molar-refractivity contribution is 9.11. The van der Waals surface area contributed by atoms with Gasteiger partial charge in [-0.25, -0.2) is 0 Å². The Hall–Kier alpha value is -0.350. The maximum Gasteiger partial charge on any atom is 0.0872 e. The number of hydrogen-bond donors (Lipinski definition) is 1. The van der Waals surface area contributed by atoms with Crippen LogP contribution in [0.3, 0.4) is 0 Å². The van der Waals surface area contributed by atoms with Crippen molar-refractivity contribution in [3.63, 3.8) is 0 Å². The number of fused-ring (bicyclic) bond motifs is 1. The van der Waals surface area contributed by atoms with Crippen molar-refractivity contribution in [1.29, 1.82) is 0 Å². The van der Waals surface area contributed by atoms with E-state index in [0.717, 1.165) is 21.2 Å². The van der Waals surface area contributed by atoms with Crippen molar-refractivity contribution >= 4 is 43.9 Å². The highest BCUT2D eigenvalue weighted by Crippen LogP contribution is 2.31. The van der Waals surface area contributed by atoms with Crippen LogP contribution in [-0.2, 0) is 6.54 Å². The average Bonchev–Trinajstić information content (AvgIpc) is 2.04. The number of aliphatic imine (C=N–C) groups is 1. The maximum absolute atomic E-state index is 4.12. The van der Waals surface area contributed by atoms with Crippen LogP contribution < -0.4 is 5.32 Å². The molecule has 1 aromatic carbocycles. The fourth-order valence-corrected chi connectivity index (χ4v) is 2.60. The van der Waals surface area contributed by atoms with E-state index in [2.05, 4.69) is 48.2 Å². The largest absolute Gasteiger partial charge is 0.346 e. The summed E-state index contributed by atoms with van der Waals surface area (Å²) in [6.45, 7) is 0.750. The molecule has 0 saturated heterocycles. The van der Waals surface area contributed by atoms with E-state index in [4.69, 9.17) is 0 Å². The minimum Gasteiger partial charge on any atom is -0.346 e. The molecule has 1 aromatic rings. The molecule has 4 heteroatoms. The Labute approximate surface area is 87.3 Å². The summed E-state index contributed by atoms with van der Waals surface area (Å²) in [5, 5.41) is 3.10. The molecule has 12 heavy (non-hydrogen) atoms. The van der Waals surface area contributed by atoms with Crippen LogP contribution in [0.4, 0.5) is 5.69 Å². The molecule has 0 fully saturated rings. The van der Waals surface area contributed by atoms with Crippen molar-refractivity contribution in [2.75, 3.05) is 5.32 Å². The monoisotopic (exact) mass is 288 g/mol. The van der Waals surface area contributed by atoms with Crippen molar-refractivity contribution in [1.82, 2.24) is 0 Å². The average molecular weight is 290 g/mol. The van der Waals surface area contributed by atoms with Gasteiger partial charge in [-0.3, -0.25) is 4.99 Å². The SMILES string of the molecule is Brc1cc(Br)c2c(c1)CN=CN2. The van der Waals surface area contributed by atoms with Crippen LogP contribution in [0.15, 0.2) is 26.1 Å². The Kier molecular flexibility index (Phi) is 2.19. The summed E-state index contributed by atoms with van der Waals surface area (Å²) in [6.07, 6.45) is 1.72. The second-order valence-corrected chi connectivity index (χ2v) is 4.31. The molecule has 0 unspecified atom stereocenters. The zero-order valence-electron chi connectivity index (χ0n) is 6.14. The molecular weight excluding hydrogens is 284 g/mol. The van der Waals surface area contributed by atoms with Gasteiger partial charge >= 0.3 is 0 Å². The molecule has 0 saturated carbocycles. The van der Waals surface area contributed by atoms with E-state index in [1.807, 2.05) is 6.07 Å². The van der Waals surface area contributed by atoms with E-state index >= 15 is 0 Å². The summed E-state index contributed by atoms with van der Waals surface area (Å²) < 4.78 is 2.14. The van der Waals surface area contributed by atoms with Gasteiger partial charge in [0.25, 0.3) is 0 Å². The molecule has 0 aromatic heterocycles. The molecule has 0 bridgehead atoms. The first kappa shape index (κ1) is 8.26. The zero-order valence-corrected chi connectivity index (χ0v) is 9.31. The van der Waals surface area contributed by atoms with Crippen LogP contribution in [0, 0.1) is 0 Å². The number of nitrogens with one attached hydrogen (secondary N) is 1. The van der Waals surface area contributed by atoms with Crippen LogP contribution in [0.5, 0.6) is 0 Å². The number of rotatable bonds is 0. The highest BCUT2D eigenvalue weighted by Gasteiger charge is 2.09. The predicted octanol–water partition coefficient (Wildman–Crippen LogP) is 3.17. The van der Waals surface area contributed by atoms with Gasteiger partial charge in [0.1, 0.15) is 0 Å². The summed E-state index contributed by atoms with van der Waals surface area (Å²) in [5.41, 5.74) is 2.33. The predicted molar refractivity (Wildman–Crippen MR) is 57.7 cm³/mol. The van der Waals surface area contributed by atoms with Crippen LogP contribution in [0.2, 0.25) is 0 Å². The summed E-state index contributed by atoms with van der Waals surface area (Å²) in [6, 6.07) is 4.09. The van der Waals surface area contributed by atoms with Gasteiger partial charge in [0, 0.05) is 8.95 Å². The lowest BCUT2D eigenvalue weighted by atomic mass is 10.1. The summed E-state index contributed by atoms with van der Waals surface area (Å²) in [5.74, 6) is 0. The number of anilines is 1. The maximum atomic E-state index is 4.12. The van der Waals surface area contributed by atoms with Crippen molar-refractivity contribution in [2.24, 2.45) is 4.99 Å². The second kappa shape index (κ2) is 3.18. The zero-order chi connectivity index (χ0) is 8.55. The van der Waals surface area contributed by atoms with Crippen molar-refractivity contribution in [3.8, 4) is 0 Å². The topological polar surface area (TPSA) is 24.4 Å². The molecule has 1 N–H and O–H groups in total. The van der Waals surface area contributed by atoms with Crippen molar-refractivity contribution in [2.45, 2.75) is 6.54 Å². The lowest BCUT2D eigenvalue weighted by Crippen LogP contribution is -2.05. The highest BCUT2D eigenvalue weighted by atomic mass is 79.9. The Balaban J connectivity index is 2.57. The fourth-order valence-electron chi connectivity index (χ4n) is 1.17. The number of nitrogens with zero attached hydrogens (tertiary/aromatic N) is 1.